The standard InChI is InChI=1S/C15H11F4IN2O/c16-13-11(15(17,18)19)5-2-6-12(13)22-14(23)21-8-9-3-1-4-10(20)7-9/h1-7H,8H2,(H2,21,22,23). The Labute approximate surface area is 143 Å². The Kier molecular flexibility index (Phi) is 5.45. The molecule has 0 heterocycles. The summed E-state index contributed by atoms with van der Waals surface area (Å²) in [6.45, 7) is 0.170. The fourth-order valence-electron chi connectivity index (χ4n) is 1.84. The molecule has 0 aliphatic carbocycles. The van der Waals surface area contributed by atoms with Crippen LogP contribution in [-0.2, 0) is 12.7 Å². The first-order valence-electron chi connectivity index (χ1n) is 6.42. The Balaban J connectivity index is 2.03. The minimum atomic E-state index is -4.82. The van der Waals surface area contributed by atoms with Gasteiger partial charge in [0.25, 0.3) is 0 Å². The Morgan fingerprint density at radius 3 is 2.48 bits per heavy atom. The quantitative estimate of drug-likeness (QED) is 0.526. The van der Waals surface area contributed by atoms with Crippen molar-refractivity contribution in [3.05, 3.63) is 63.0 Å². The molecule has 2 N–H and O–H groups in total. The van der Waals surface area contributed by atoms with Crippen LogP contribution in [0.3, 0.4) is 0 Å². The average molecular weight is 438 g/mol. The van der Waals surface area contributed by atoms with Gasteiger partial charge in [0.15, 0.2) is 5.82 Å². The van der Waals surface area contributed by atoms with Gasteiger partial charge in [-0.05, 0) is 52.4 Å². The van der Waals surface area contributed by atoms with Gasteiger partial charge in [-0.25, -0.2) is 9.18 Å². The van der Waals surface area contributed by atoms with E-state index in [2.05, 4.69) is 33.2 Å². The van der Waals surface area contributed by atoms with Gasteiger partial charge in [0.2, 0.25) is 0 Å². The molecule has 23 heavy (non-hydrogen) atoms. The van der Waals surface area contributed by atoms with E-state index in [4.69, 9.17) is 0 Å². The van der Waals surface area contributed by atoms with Crippen LogP contribution in [0.1, 0.15) is 11.1 Å². The Bertz CT molecular complexity index is 719. The van der Waals surface area contributed by atoms with Crippen LogP contribution in [0.5, 0.6) is 0 Å². The maximum atomic E-state index is 13.8. The van der Waals surface area contributed by atoms with Crippen molar-refractivity contribution in [1.29, 1.82) is 0 Å². The van der Waals surface area contributed by atoms with Gasteiger partial charge in [-0.15, -0.1) is 0 Å². The Hall–Kier alpha value is -1.84. The number of benzene rings is 2. The fourth-order valence-corrected chi connectivity index (χ4v) is 2.45. The number of carbonyl (C=O) groups is 1. The van der Waals surface area contributed by atoms with Crippen LogP contribution in [-0.4, -0.2) is 6.03 Å². The van der Waals surface area contributed by atoms with Gasteiger partial charge >= 0.3 is 12.2 Å². The molecule has 2 aromatic carbocycles. The smallest absolute Gasteiger partial charge is 0.334 e. The molecule has 0 unspecified atom stereocenters. The molecule has 8 heteroatoms. The summed E-state index contributed by atoms with van der Waals surface area (Å²) in [6, 6.07) is 9.23. The summed E-state index contributed by atoms with van der Waals surface area (Å²) in [5, 5.41) is 4.54. The van der Waals surface area contributed by atoms with Gasteiger partial charge in [-0.3, -0.25) is 0 Å². The zero-order valence-electron chi connectivity index (χ0n) is 11.5. The molecule has 0 bridgehead atoms. The second-order valence-electron chi connectivity index (χ2n) is 4.60. The molecule has 0 saturated carbocycles. The van der Waals surface area contributed by atoms with E-state index in [1.807, 2.05) is 18.2 Å². The number of nitrogens with one attached hydrogen (secondary N) is 2. The predicted octanol–water partition coefficient (Wildman–Crippen LogP) is 4.77. The predicted molar refractivity (Wildman–Crippen MR) is 86.4 cm³/mol. The van der Waals surface area contributed by atoms with Gasteiger partial charge < -0.3 is 10.6 Å². The van der Waals surface area contributed by atoms with Crippen LogP contribution in [0, 0.1) is 9.39 Å². The molecule has 3 nitrogen and oxygen atoms in total. The Morgan fingerprint density at radius 1 is 1.13 bits per heavy atom. The van der Waals surface area contributed by atoms with Gasteiger partial charge in [0, 0.05) is 10.1 Å². The number of urea groups is 1. The summed E-state index contributed by atoms with van der Waals surface area (Å²) in [5.74, 6) is -1.51. The number of alkyl halides is 3. The summed E-state index contributed by atoms with van der Waals surface area (Å²) in [4.78, 5) is 11.7. The van der Waals surface area contributed by atoms with Crippen molar-refractivity contribution in [2.45, 2.75) is 12.7 Å². The zero-order valence-corrected chi connectivity index (χ0v) is 13.7. The van der Waals surface area contributed by atoms with E-state index >= 15 is 0 Å². The molecule has 0 radical (unpaired) electrons. The molecule has 122 valence electrons. The van der Waals surface area contributed by atoms with E-state index in [-0.39, 0.29) is 6.54 Å². The lowest BCUT2D eigenvalue weighted by Crippen LogP contribution is -2.29. The van der Waals surface area contributed by atoms with E-state index in [0.717, 1.165) is 21.3 Å². The van der Waals surface area contributed by atoms with E-state index in [9.17, 15) is 22.4 Å². The van der Waals surface area contributed by atoms with E-state index < -0.39 is 29.3 Å². The van der Waals surface area contributed by atoms with E-state index in [1.165, 1.54) is 0 Å². The summed E-state index contributed by atoms with van der Waals surface area (Å²) >= 11 is 2.11. The average Bonchev–Trinajstić information content (AvgIpc) is 2.46. The van der Waals surface area contributed by atoms with Crippen molar-refractivity contribution in [1.82, 2.24) is 5.32 Å². The van der Waals surface area contributed by atoms with Crippen LogP contribution < -0.4 is 10.6 Å². The number of rotatable bonds is 3. The summed E-state index contributed by atoms with van der Waals surface area (Å²) < 4.78 is 52.6. The molecule has 0 fully saturated rings. The van der Waals surface area contributed by atoms with E-state index in [1.54, 1.807) is 6.07 Å². The van der Waals surface area contributed by atoms with Crippen LogP contribution in [0.15, 0.2) is 42.5 Å². The maximum absolute atomic E-state index is 13.8. The second kappa shape index (κ2) is 7.16. The van der Waals surface area contributed by atoms with Crippen molar-refractivity contribution in [3.8, 4) is 0 Å². The fraction of sp³-hybridized carbons (Fsp3) is 0.133. The monoisotopic (exact) mass is 438 g/mol. The topological polar surface area (TPSA) is 41.1 Å². The first kappa shape index (κ1) is 17.5. The first-order valence-corrected chi connectivity index (χ1v) is 7.50. The lowest BCUT2D eigenvalue weighted by molar-refractivity contribution is -0.139. The highest BCUT2D eigenvalue weighted by atomic mass is 127. The third-order valence-corrected chi connectivity index (χ3v) is 3.57. The summed E-state index contributed by atoms with van der Waals surface area (Å²) in [7, 11) is 0. The molecular formula is C15H11F4IN2O. The number of carbonyl (C=O) groups excluding carboxylic acids is 1. The lowest BCUT2D eigenvalue weighted by atomic mass is 10.2. The number of hydrogen-bond acceptors (Lipinski definition) is 1. The zero-order chi connectivity index (χ0) is 17.0. The van der Waals surface area contributed by atoms with Crippen LogP contribution in [0.2, 0.25) is 0 Å². The van der Waals surface area contributed by atoms with E-state index in [0.29, 0.717) is 6.07 Å². The molecule has 0 atom stereocenters. The van der Waals surface area contributed by atoms with Crippen LogP contribution >= 0.6 is 22.6 Å². The van der Waals surface area contributed by atoms with Crippen molar-refractivity contribution < 1.29 is 22.4 Å². The molecule has 2 amide bonds. The Morgan fingerprint density at radius 2 is 1.83 bits per heavy atom. The van der Waals surface area contributed by atoms with Crippen LogP contribution in [0.25, 0.3) is 0 Å². The highest BCUT2D eigenvalue weighted by Gasteiger charge is 2.35. The number of anilines is 1. The summed E-state index contributed by atoms with van der Waals surface area (Å²) in [6.07, 6.45) is -4.82. The molecular weight excluding hydrogens is 427 g/mol. The number of amides is 2. The minimum Gasteiger partial charge on any atom is -0.334 e. The van der Waals surface area contributed by atoms with Crippen molar-refractivity contribution in [3.63, 3.8) is 0 Å². The maximum Gasteiger partial charge on any atom is 0.419 e. The molecule has 0 aliphatic rings. The van der Waals surface area contributed by atoms with Gasteiger partial charge in [0.1, 0.15) is 0 Å². The molecule has 2 rings (SSSR count). The highest BCUT2D eigenvalue weighted by Crippen LogP contribution is 2.33. The highest BCUT2D eigenvalue weighted by molar-refractivity contribution is 14.1. The number of halogens is 5. The summed E-state index contributed by atoms with van der Waals surface area (Å²) in [5.41, 5.74) is -1.13. The van der Waals surface area contributed by atoms with Gasteiger partial charge in [0.05, 0.1) is 11.3 Å². The van der Waals surface area contributed by atoms with Crippen molar-refractivity contribution >= 4 is 34.3 Å². The SMILES string of the molecule is O=C(NCc1cccc(I)c1)Nc1cccc(C(F)(F)F)c1F. The molecule has 0 spiro atoms. The third-order valence-electron chi connectivity index (χ3n) is 2.89. The van der Waals surface area contributed by atoms with Gasteiger partial charge in [-0.1, -0.05) is 18.2 Å². The first-order chi connectivity index (χ1) is 10.8. The molecule has 0 aliphatic heterocycles. The molecule has 2 aromatic rings. The largest absolute Gasteiger partial charge is 0.419 e. The lowest BCUT2D eigenvalue weighted by Gasteiger charge is -2.12. The minimum absolute atomic E-state index is 0.170. The van der Waals surface area contributed by atoms with Crippen molar-refractivity contribution in [2.24, 2.45) is 0 Å². The number of hydrogen-bond donors (Lipinski definition) is 2. The van der Waals surface area contributed by atoms with Crippen molar-refractivity contribution in [2.75, 3.05) is 5.32 Å². The van der Waals surface area contributed by atoms with Crippen LogP contribution in [0.4, 0.5) is 28.0 Å². The molecule has 0 saturated heterocycles. The third kappa shape index (κ3) is 4.81. The second-order valence-corrected chi connectivity index (χ2v) is 5.85. The normalized spacial score (nSPS) is 11.2. The van der Waals surface area contributed by atoms with Gasteiger partial charge in [-0.2, -0.15) is 13.2 Å². The molecule has 0 aromatic heterocycles.